The van der Waals surface area contributed by atoms with Crippen LogP contribution in [0.5, 0.6) is 5.75 Å². The number of methoxy groups -OCH3 is 1. The molecule has 0 amide bonds. The second-order valence-electron chi connectivity index (χ2n) is 6.36. The van der Waals surface area contributed by atoms with E-state index in [4.69, 9.17) is 9.47 Å². The van der Waals surface area contributed by atoms with Crippen LogP contribution < -0.4 is 4.74 Å². The molecule has 2 heterocycles. The van der Waals surface area contributed by atoms with E-state index in [2.05, 4.69) is 26.9 Å². The summed E-state index contributed by atoms with van der Waals surface area (Å²) in [6, 6.07) is 14.3. The average molecular weight is 341 g/mol. The number of nitrogens with zero attached hydrogens (tertiary/aromatic N) is 3. The van der Waals surface area contributed by atoms with Gasteiger partial charge in [-0.15, -0.1) is 0 Å². The van der Waals surface area contributed by atoms with Crippen LogP contribution in [0, 0.1) is 0 Å². The molecule has 5 heteroatoms. The lowest BCUT2D eigenvalue weighted by Gasteiger charge is -2.34. The highest BCUT2D eigenvalue weighted by Crippen LogP contribution is 2.16. The molecule has 0 spiro atoms. The molecule has 1 aromatic carbocycles. The van der Waals surface area contributed by atoms with Gasteiger partial charge in [0.2, 0.25) is 0 Å². The van der Waals surface area contributed by atoms with Crippen molar-refractivity contribution >= 4 is 0 Å². The van der Waals surface area contributed by atoms with Crippen LogP contribution in [0.4, 0.5) is 0 Å². The molecule has 25 heavy (non-hydrogen) atoms. The summed E-state index contributed by atoms with van der Waals surface area (Å²) in [6.07, 6.45) is 1.79. The molecule has 0 N–H and O–H groups in total. The molecule has 0 saturated carbocycles. The smallest absolute Gasteiger partial charge is 0.130 e. The zero-order chi connectivity index (χ0) is 17.3. The topological polar surface area (TPSA) is 37.8 Å². The van der Waals surface area contributed by atoms with Gasteiger partial charge >= 0.3 is 0 Å². The molecule has 0 unspecified atom stereocenters. The molecule has 2 aromatic rings. The van der Waals surface area contributed by atoms with Gasteiger partial charge in [0.05, 0.1) is 12.3 Å². The Balaban J connectivity index is 1.42. The number of benzene rings is 1. The van der Waals surface area contributed by atoms with E-state index in [0.717, 1.165) is 57.3 Å². The summed E-state index contributed by atoms with van der Waals surface area (Å²) in [5.74, 6) is 0.888. The summed E-state index contributed by atoms with van der Waals surface area (Å²) in [6.45, 7) is 7.82. The largest absolute Gasteiger partial charge is 0.487 e. The second kappa shape index (κ2) is 9.51. The molecule has 1 saturated heterocycles. The number of hydrogen-bond donors (Lipinski definition) is 0. The van der Waals surface area contributed by atoms with Gasteiger partial charge in [-0.3, -0.25) is 14.8 Å². The van der Waals surface area contributed by atoms with E-state index >= 15 is 0 Å². The quantitative estimate of drug-likeness (QED) is 0.737. The molecule has 0 atom stereocenters. The van der Waals surface area contributed by atoms with E-state index in [1.165, 1.54) is 5.56 Å². The predicted octanol–water partition coefficient (Wildman–Crippen LogP) is 2.42. The third kappa shape index (κ3) is 5.81. The zero-order valence-electron chi connectivity index (χ0n) is 14.9. The molecular formula is C20H27N3O2. The zero-order valence-corrected chi connectivity index (χ0v) is 14.9. The van der Waals surface area contributed by atoms with E-state index in [9.17, 15) is 0 Å². The van der Waals surface area contributed by atoms with Crippen molar-refractivity contribution in [3.8, 4) is 5.75 Å². The first-order valence-electron chi connectivity index (χ1n) is 8.89. The van der Waals surface area contributed by atoms with Gasteiger partial charge in [0, 0.05) is 52.6 Å². The first-order valence-corrected chi connectivity index (χ1v) is 8.89. The highest BCUT2D eigenvalue weighted by Gasteiger charge is 2.16. The number of hydrogen-bond acceptors (Lipinski definition) is 5. The Bertz CT molecular complexity index is 611. The fourth-order valence-electron chi connectivity index (χ4n) is 2.98. The number of rotatable bonds is 8. The molecule has 1 aromatic heterocycles. The van der Waals surface area contributed by atoms with E-state index < -0.39 is 0 Å². The van der Waals surface area contributed by atoms with E-state index in [-0.39, 0.29) is 0 Å². The Labute approximate surface area is 150 Å². The molecule has 1 fully saturated rings. The summed E-state index contributed by atoms with van der Waals surface area (Å²) in [4.78, 5) is 9.24. The van der Waals surface area contributed by atoms with Crippen LogP contribution in [0.1, 0.15) is 11.3 Å². The van der Waals surface area contributed by atoms with Crippen LogP contribution in [-0.4, -0.2) is 61.2 Å². The summed E-state index contributed by atoms with van der Waals surface area (Å²) >= 11 is 0. The predicted molar refractivity (Wildman–Crippen MR) is 98.6 cm³/mol. The van der Waals surface area contributed by atoms with E-state index in [0.29, 0.717) is 6.61 Å². The van der Waals surface area contributed by atoms with Crippen molar-refractivity contribution in [2.45, 2.75) is 13.2 Å². The number of ether oxygens (including phenoxy) is 2. The summed E-state index contributed by atoms with van der Waals surface area (Å²) < 4.78 is 10.9. The van der Waals surface area contributed by atoms with Gasteiger partial charge in [0.25, 0.3) is 0 Å². The highest BCUT2D eigenvalue weighted by atomic mass is 16.5. The third-order valence-corrected chi connectivity index (χ3v) is 4.52. The fraction of sp³-hybridized carbons (Fsp3) is 0.450. The standard InChI is InChI=1S/C20H27N3O2/c1-24-15-14-22-10-12-23(13-11-22)16-18-5-7-20(8-6-18)25-17-19-4-2-3-9-21-19/h2-9H,10-17H2,1H3. The van der Waals surface area contributed by atoms with Gasteiger partial charge in [0.15, 0.2) is 0 Å². The molecule has 3 rings (SSSR count). The maximum Gasteiger partial charge on any atom is 0.130 e. The number of piperazine rings is 1. The molecule has 0 aliphatic carbocycles. The van der Waals surface area contributed by atoms with Crippen molar-refractivity contribution in [1.29, 1.82) is 0 Å². The lowest BCUT2D eigenvalue weighted by molar-refractivity contribution is 0.0938. The molecule has 0 radical (unpaired) electrons. The van der Waals surface area contributed by atoms with Crippen molar-refractivity contribution in [3.63, 3.8) is 0 Å². The number of aromatic nitrogens is 1. The van der Waals surface area contributed by atoms with Crippen molar-refractivity contribution in [3.05, 3.63) is 59.9 Å². The van der Waals surface area contributed by atoms with Crippen molar-refractivity contribution < 1.29 is 9.47 Å². The van der Waals surface area contributed by atoms with Gasteiger partial charge in [-0.2, -0.15) is 0 Å². The molecule has 5 nitrogen and oxygen atoms in total. The van der Waals surface area contributed by atoms with Gasteiger partial charge < -0.3 is 9.47 Å². The van der Waals surface area contributed by atoms with Crippen LogP contribution in [0.15, 0.2) is 48.7 Å². The van der Waals surface area contributed by atoms with Crippen LogP contribution in [0.25, 0.3) is 0 Å². The minimum absolute atomic E-state index is 0.504. The first kappa shape index (κ1) is 17.9. The van der Waals surface area contributed by atoms with Gasteiger partial charge in [0.1, 0.15) is 12.4 Å². The normalized spacial score (nSPS) is 16.0. The maximum absolute atomic E-state index is 5.79. The van der Waals surface area contributed by atoms with Gasteiger partial charge in [-0.05, 0) is 29.8 Å². The Morgan fingerprint density at radius 3 is 2.40 bits per heavy atom. The first-order chi connectivity index (χ1) is 12.3. The van der Waals surface area contributed by atoms with Gasteiger partial charge in [-0.1, -0.05) is 18.2 Å². The van der Waals surface area contributed by atoms with Crippen LogP contribution >= 0.6 is 0 Å². The SMILES string of the molecule is COCCN1CCN(Cc2ccc(OCc3ccccn3)cc2)CC1. The minimum Gasteiger partial charge on any atom is -0.487 e. The van der Waals surface area contributed by atoms with E-state index in [1.54, 1.807) is 13.3 Å². The van der Waals surface area contributed by atoms with Crippen LogP contribution in [0.3, 0.4) is 0 Å². The van der Waals surface area contributed by atoms with Crippen molar-refractivity contribution in [2.24, 2.45) is 0 Å². The van der Waals surface area contributed by atoms with Crippen LogP contribution in [0.2, 0.25) is 0 Å². The molecule has 134 valence electrons. The minimum atomic E-state index is 0.504. The van der Waals surface area contributed by atoms with Crippen molar-refractivity contribution in [2.75, 3.05) is 46.4 Å². The Morgan fingerprint density at radius 2 is 1.72 bits per heavy atom. The highest BCUT2D eigenvalue weighted by molar-refractivity contribution is 5.27. The molecule has 0 bridgehead atoms. The van der Waals surface area contributed by atoms with Gasteiger partial charge in [-0.25, -0.2) is 0 Å². The Hall–Kier alpha value is -1.95. The maximum atomic E-state index is 5.79. The van der Waals surface area contributed by atoms with E-state index in [1.807, 2.05) is 30.3 Å². The third-order valence-electron chi connectivity index (χ3n) is 4.52. The number of pyridine rings is 1. The lowest BCUT2D eigenvalue weighted by Crippen LogP contribution is -2.46. The monoisotopic (exact) mass is 341 g/mol. The molecular weight excluding hydrogens is 314 g/mol. The molecule has 1 aliphatic heterocycles. The summed E-state index contributed by atoms with van der Waals surface area (Å²) in [5, 5.41) is 0. The average Bonchev–Trinajstić information content (AvgIpc) is 2.68. The Kier molecular flexibility index (Phi) is 6.79. The second-order valence-corrected chi connectivity index (χ2v) is 6.36. The Morgan fingerprint density at radius 1 is 0.960 bits per heavy atom. The summed E-state index contributed by atoms with van der Waals surface area (Å²) in [5.41, 5.74) is 2.27. The van der Waals surface area contributed by atoms with Crippen LogP contribution in [-0.2, 0) is 17.9 Å². The van der Waals surface area contributed by atoms with Crippen molar-refractivity contribution in [1.82, 2.24) is 14.8 Å². The fourth-order valence-corrected chi connectivity index (χ4v) is 2.98. The summed E-state index contributed by atoms with van der Waals surface area (Å²) in [7, 11) is 1.76. The molecule has 1 aliphatic rings. The lowest BCUT2D eigenvalue weighted by atomic mass is 10.2.